The highest BCUT2D eigenvalue weighted by atomic mass is 32.2. The molecule has 0 aliphatic carbocycles. The summed E-state index contributed by atoms with van der Waals surface area (Å²) in [6.07, 6.45) is -2.55. The number of rotatable bonds is 33. The number of nitrogens with one attached hydrogen (secondary N) is 8. The summed E-state index contributed by atoms with van der Waals surface area (Å²) in [6, 6.07) is -8.02. The fourth-order valence-electron chi connectivity index (χ4n) is 7.37. The van der Waals surface area contributed by atoms with Gasteiger partial charge in [0.05, 0.1) is 38.3 Å². The maximum absolute atomic E-state index is 14.4. The number of aliphatic hydroxyl groups excluding tert-OH is 3. The zero-order chi connectivity index (χ0) is 59.1. The summed E-state index contributed by atoms with van der Waals surface area (Å²) < 4.78 is 25.5. The first-order valence-electron chi connectivity index (χ1n) is 24.9. The molecule has 27 nitrogen and oxygen atoms in total. The van der Waals surface area contributed by atoms with Gasteiger partial charge in [0.1, 0.15) is 41.1 Å². The van der Waals surface area contributed by atoms with Gasteiger partial charge in [-0.05, 0) is 46.1 Å². The third-order valence-corrected chi connectivity index (χ3v) is 14.6. The minimum atomic E-state index is -2.29. The number of nitrogens with zero attached hydrogens (tertiary/aromatic N) is 1. The highest BCUT2D eigenvalue weighted by Crippen LogP contribution is 2.30. The highest BCUT2D eigenvalue weighted by Gasteiger charge is 2.44. The fraction of sp³-hybridized carbons (Fsp3) is 0.708. The van der Waals surface area contributed by atoms with Crippen molar-refractivity contribution < 1.29 is 77.3 Å². The first kappa shape index (κ1) is 69.3. The summed E-state index contributed by atoms with van der Waals surface area (Å²) >= 11 is -0.861. The van der Waals surface area contributed by atoms with Crippen LogP contribution in [0.25, 0.3) is 0 Å². The summed E-state index contributed by atoms with van der Waals surface area (Å²) in [5, 5.41) is 50.1. The van der Waals surface area contributed by atoms with Gasteiger partial charge in [0.25, 0.3) is 0 Å². The quantitative estimate of drug-likeness (QED) is 0.0224. The van der Waals surface area contributed by atoms with Crippen molar-refractivity contribution in [3.8, 4) is 0 Å². The van der Waals surface area contributed by atoms with Gasteiger partial charge in [0.15, 0.2) is 6.04 Å². The predicted octanol–water partition coefficient (Wildman–Crippen LogP) is -3.45. The monoisotopic (exact) mass is 1130 g/mol. The van der Waals surface area contributed by atoms with Crippen molar-refractivity contribution in [2.75, 3.05) is 57.2 Å². The number of β-amino-alcohol motifs (C(OH)–C–C–N with tert-alkyl or cyclic N) is 1. The predicted molar refractivity (Wildman–Crippen MR) is 285 cm³/mol. The van der Waals surface area contributed by atoms with Crippen LogP contribution < -0.4 is 54.0 Å². The summed E-state index contributed by atoms with van der Waals surface area (Å²) in [5.74, 6) is -10.3. The minimum Gasteiger partial charge on any atom is -0.610 e. The molecule has 1 rings (SSSR count). The molecule has 2 unspecified atom stereocenters. The largest absolute Gasteiger partial charge is 0.610 e. The lowest BCUT2D eigenvalue weighted by atomic mass is 9.88. The van der Waals surface area contributed by atoms with Crippen molar-refractivity contribution in [3.05, 3.63) is 23.4 Å². The summed E-state index contributed by atoms with van der Waals surface area (Å²) in [7, 11) is 1.47. The van der Waals surface area contributed by atoms with E-state index in [-0.39, 0.29) is 17.5 Å². The number of amides is 10. The molecule has 0 saturated carbocycles. The van der Waals surface area contributed by atoms with Crippen molar-refractivity contribution in [2.45, 2.75) is 142 Å². The molecule has 0 radical (unpaired) electrons. The molecule has 438 valence electrons. The number of likely N-dealkylation sites (tertiary alicyclic amines) is 1. The zero-order valence-corrected chi connectivity index (χ0v) is 47.5. The molecule has 1 aliphatic rings. The third kappa shape index (κ3) is 23.8. The molecule has 29 heteroatoms. The van der Waals surface area contributed by atoms with Crippen LogP contribution >= 0.6 is 11.8 Å². The van der Waals surface area contributed by atoms with E-state index in [0.717, 1.165) is 4.90 Å². The summed E-state index contributed by atoms with van der Waals surface area (Å²) in [4.78, 5) is 131. The van der Waals surface area contributed by atoms with E-state index in [1.54, 1.807) is 47.6 Å². The Labute approximate surface area is 457 Å². The normalized spacial score (nSPS) is 18.5. The number of alkyl carbamates (subject to hydrolysis) is 1. The average molecular weight is 1130 g/mol. The van der Waals surface area contributed by atoms with Crippen LogP contribution in [0.5, 0.6) is 0 Å². The van der Waals surface area contributed by atoms with Crippen molar-refractivity contribution in [1.29, 1.82) is 0 Å². The first-order chi connectivity index (χ1) is 35.7. The molecule has 1 fully saturated rings. The molecule has 1 aliphatic heterocycles. The van der Waals surface area contributed by atoms with Crippen molar-refractivity contribution in [2.24, 2.45) is 29.2 Å². The van der Waals surface area contributed by atoms with Gasteiger partial charge in [-0.1, -0.05) is 47.1 Å². The number of nitrogens with two attached hydrogens (primary N) is 2. The lowest BCUT2D eigenvalue weighted by Crippen LogP contribution is -2.60. The molecular weight excluding hydrogens is 1050 g/mol. The van der Waals surface area contributed by atoms with Crippen molar-refractivity contribution >= 4 is 82.2 Å². The molecule has 0 bridgehead atoms. The number of aliphatic hydroxyl groups is 3. The molecule has 0 aromatic carbocycles. The van der Waals surface area contributed by atoms with Gasteiger partial charge in [0, 0.05) is 67.8 Å². The number of hydrogen-bond acceptors (Lipinski definition) is 18. The Balaban J connectivity index is 3.65. The van der Waals surface area contributed by atoms with Gasteiger partial charge in [0.2, 0.25) is 58.2 Å². The van der Waals surface area contributed by atoms with Crippen molar-refractivity contribution in [1.82, 2.24) is 47.4 Å². The zero-order valence-electron chi connectivity index (χ0n) is 45.9. The topological polar surface area (TPSA) is 424 Å². The van der Waals surface area contributed by atoms with Gasteiger partial charge in [-0.15, -0.1) is 0 Å². The Morgan fingerprint density at radius 1 is 0.896 bits per heavy atom. The van der Waals surface area contributed by atoms with Crippen molar-refractivity contribution in [3.63, 3.8) is 0 Å². The number of carbonyl (C=O) groups is 10. The van der Waals surface area contributed by atoms with Crippen LogP contribution in [0.4, 0.5) is 4.79 Å². The van der Waals surface area contributed by atoms with Gasteiger partial charge in [-0.2, -0.15) is 11.8 Å². The van der Waals surface area contributed by atoms with Gasteiger partial charge in [-0.3, -0.25) is 43.2 Å². The number of methoxy groups -OCH3 is 1. The van der Waals surface area contributed by atoms with E-state index in [0.29, 0.717) is 23.6 Å². The van der Waals surface area contributed by atoms with Crippen LogP contribution in [0.3, 0.4) is 0 Å². The Hall–Kier alpha value is -5.72. The minimum absolute atomic E-state index is 0.178. The maximum atomic E-state index is 14.4. The van der Waals surface area contributed by atoms with E-state index in [2.05, 4.69) is 49.1 Å². The maximum Gasteiger partial charge on any atom is 0.407 e. The molecule has 15 N–H and O–H groups in total. The number of hydrogen-bond donors (Lipinski definition) is 13. The number of carbonyl (C=O) groups excluding carboxylic acids is 10. The van der Waals surface area contributed by atoms with Crippen LogP contribution in [0.1, 0.15) is 88.5 Å². The van der Waals surface area contributed by atoms with Crippen LogP contribution in [-0.4, -0.2) is 195 Å². The van der Waals surface area contributed by atoms with Gasteiger partial charge < -0.3 is 88.2 Å². The molecule has 0 aromatic heterocycles. The SMILES string of the molecule is C=C(N/C(=C\CSCCNC(=O)OC(C)(C)C)C(C)(OC)C(C)C)[S+]([O-])C[C@H](NC(=O)CNC(=O)[C@H](NC(=O)CNC(C)=O)[C@@H](C)CC)C(=O)N[C@@H](CC(N)=O)C(=O)N1C[C@H](O)C[C@@H]1C(=O)N[C@H](C(N)=O)[C@@H](C)[C@@H](O)CO. The van der Waals surface area contributed by atoms with Crippen LogP contribution in [-0.2, 0) is 63.8 Å². The van der Waals surface area contributed by atoms with Crippen LogP contribution in [0.15, 0.2) is 23.4 Å². The summed E-state index contributed by atoms with van der Waals surface area (Å²) in [6.45, 7) is 18.3. The lowest BCUT2D eigenvalue weighted by Gasteiger charge is -2.36. The highest BCUT2D eigenvalue weighted by molar-refractivity contribution is 7.99. The van der Waals surface area contributed by atoms with E-state index >= 15 is 0 Å². The smallest absolute Gasteiger partial charge is 0.407 e. The number of primary amides is 2. The second kappa shape index (κ2) is 32.9. The van der Waals surface area contributed by atoms with E-state index in [4.69, 9.17) is 20.9 Å². The Morgan fingerprint density at radius 2 is 1.51 bits per heavy atom. The molecule has 1 saturated heterocycles. The van der Waals surface area contributed by atoms with E-state index in [1.807, 2.05) is 13.8 Å². The van der Waals surface area contributed by atoms with E-state index in [9.17, 15) is 67.8 Å². The molecule has 11 atom stereocenters. The third-order valence-electron chi connectivity index (χ3n) is 12.4. The van der Waals surface area contributed by atoms with Gasteiger partial charge in [-0.25, -0.2) is 4.79 Å². The van der Waals surface area contributed by atoms with E-state index in [1.165, 1.54) is 32.7 Å². The lowest BCUT2D eigenvalue weighted by molar-refractivity contribution is -0.143. The second-order valence-corrected chi connectivity index (χ2v) is 22.6. The molecule has 77 heavy (non-hydrogen) atoms. The standard InChI is InChI=1S/C48H83N11O16S2/c1-13-26(4)39(57-38(66)20-52-28(6)61)44(70)53-21-37(65)55-32(24-77(73)29(7)54-35(48(11,74-12)25(2)3)14-16-76-17-15-51-46(72)75-47(8,9)10)42(68)56-31(19-36(49)64)45(71)59-22-30(62)18-33(59)43(69)58-40(41(50)67)27(5)34(63)23-60/h14,25-27,30-34,39-40,54,60,62-63H,7,13,15-24H2,1-6,8-12H3,(H2,49,64)(H2,50,67)(H,51,72)(H,52,61)(H,53,70)(H,55,65)(H,56,68)(H,57,66)(H,58,69)/b35-14-/t26-,27-,30+,31-,32-,33+,34-,39+,40-,48?,77?/m0/s1. The number of thioether (sulfide) groups is 1. The van der Waals surface area contributed by atoms with Crippen LogP contribution in [0.2, 0.25) is 0 Å². The molecular formula is C48H83N11O16S2. The number of ether oxygens (including phenoxy) is 2. The van der Waals surface area contributed by atoms with Gasteiger partial charge >= 0.3 is 6.09 Å². The molecule has 1 heterocycles. The Kier molecular flexibility index (Phi) is 29.6. The van der Waals surface area contributed by atoms with E-state index < -0.39 is 181 Å². The fourth-order valence-corrected chi connectivity index (χ4v) is 9.03. The Morgan fingerprint density at radius 3 is 2.04 bits per heavy atom. The molecule has 0 spiro atoms. The molecule has 0 aromatic rings. The van der Waals surface area contributed by atoms with Crippen LogP contribution in [0, 0.1) is 17.8 Å². The molecule has 10 amide bonds. The average Bonchev–Trinajstić information content (AvgIpc) is 3.75. The Bertz CT molecular complexity index is 2110. The second-order valence-electron chi connectivity index (χ2n) is 20.0. The first-order valence-corrected chi connectivity index (χ1v) is 27.4. The summed E-state index contributed by atoms with van der Waals surface area (Å²) in [5.41, 5.74) is 9.69.